The van der Waals surface area contributed by atoms with E-state index in [1.165, 1.54) is 51.4 Å². The van der Waals surface area contributed by atoms with Gasteiger partial charge in [-0.1, -0.05) is 218 Å². The van der Waals surface area contributed by atoms with Crippen molar-refractivity contribution in [1.82, 2.24) is 0 Å². The molecule has 98 heavy (non-hydrogen) atoms. The molecule has 0 spiro atoms. The van der Waals surface area contributed by atoms with Crippen LogP contribution < -0.4 is 10.9 Å². The van der Waals surface area contributed by atoms with Crippen molar-refractivity contribution in [2.75, 3.05) is 0 Å². The molecule has 0 aliphatic carbocycles. The molecule has 0 fully saturated rings. The Labute approximate surface area is 1550 Å². The Hall–Kier alpha value is 39.1. The van der Waals surface area contributed by atoms with Crippen LogP contribution in [0.4, 0.5) is 0 Å². The van der Waals surface area contributed by atoms with Crippen molar-refractivity contribution >= 4 is 24.4 Å². The average molecular weight is 4090 g/mol. The van der Waals surface area contributed by atoms with Gasteiger partial charge in [0.05, 0.1) is 0 Å². The van der Waals surface area contributed by atoms with Crippen LogP contribution in [0.2, 0.25) is 0 Å². The van der Waals surface area contributed by atoms with Gasteiger partial charge in [0.1, 0.15) is 0 Å². The molecule has 38 heteroatoms. The van der Waals surface area contributed by atoms with Crippen molar-refractivity contribution < 1.29 is 1180 Å². The molecular formula is C60H142B2Y36-12. The molecule has 0 unspecified atom stereocenters. The second kappa shape index (κ2) is 397. The van der Waals surface area contributed by atoms with Crippen molar-refractivity contribution in [1.29, 1.82) is 0 Å². The fraction of sp³-hybridized carbons (Fsp3) is 0.600. The largest absolute Gasteiger partial charge is 3.00 e. The van der Waals surface area contributed by atoms with Gasteiger partial charge in [0.25, 0.3) is 0 Å². The third-order valence-corrected chi connectivity index (χ3v) is 5.96. The Balaban J connectivity index is -0.00000000339. The molecule has 0 aromatic heterocycles. The molecule has 5 rings (SSSR count). The number of hydrogen-bond acceptors (Lipinski definition) is 0. The minimum Gasteiger partial charge on any atom is -0.372 e. The van der Waals surface area contributed by atoms with Crippen LogP contribution in [-0.2, 0) is 1200 Å². The molecule has 4 aliphatic rings. The van der Waals surface area contributed by atoms with Crippen molar-refractivity contribution in [3.8, 4) is 0 Å². The van der Waals surface area contributed by atoms with Gasteiger partial charge in [-0.2, -0.15) is 39.1 Å². The van der Waals surface area contributed by atoms with Gasteiger partial charge in [-0.15, -0.1) is 10.9 Å². The minimum absolute atomic E-state index is 0. The first-order valence-electron chi connectivity index (χ1n) is 20.5. The van der Waals surface area contributed by atoms with E-state index in [0.717, 1.165) is 25.7 Å². The van der Waals surface area contributed by atoms with Crippen LogP contribution in [0.3, 0.4) is 0 Å². The number of hydrogen-bond donors (Lipinski definition) is 0. The smallest absolute Gasteiger partial charge is 0.372 e. The normalized spacial score (nSPS) is 6.00. The van der Waals surface area contributed by atoms with Gasteiger partial charge in [0.15, 0.2) is 0 Å². The SMILES string of the molecule is C.C.C.C.C.C.C.C.CC.CC.CC.CC.CC.CC.CC.CC.[CH-]1CCc2c3c4c(c5c2B1[CH-]CC5)CC[CH-]B4[CH-]CC3.[CH2-]C[CH2-].[CH2-]C[CH2-].[CH2-]C[CH2-].[CH2-]C[CH2-].[CH3-].[CH3-].[CH3-].[CH3-].[CH3-].[CH3-].[Y+3].[Y+3].[Y].[Y].[Y].[Y].[Y].[Y].[Y].[Y].[Y].[Y].[Y].[Y].[Y].[Y].[Y].[Y].[Y].[Y].[Y].[Y].[Y].[Y].[Y].[Y].[Y].[Y].[Y].[Y].[Y].[Y].[Y].[Y].[Y].[Y]. The van der Waals surface area contributed by atoms with E-state index in [1.54, 1.807) is 33.2 Å². The quantitative estimate of drug-likeness (QED) is 0.179. The standard InChI is InChI=1S/C18H20B2.4C3H6.8C2H6.8CH4.6CH3.36Y/c1-5-13-14-6-3-11-20-12-4-8-16(18(14)20)15-7-2-10-19(9-1)17(13)15;4*1-3-2;8*1-2;;;;;;;;;;;;;;;;;;;;;;;;;;;;;;;;;;;;;;;;;;;;;;;;;;/h9-12H,1-8H2;4*1-3H2;8*1-2H3;8*1H4;6*1H3;;;;;;;;;;;;;;;;;;;;;;;;;;;;;;;;;;;;/q-4;4*-2;;;;;;;;;;;;;;;;;6*-1;;;;;;;;;;;;;;;;;;;;;;;;;;;;;;;;;;;2*+3. The topological polar surface area (TPSA) is 0 Å². The molecule has 0 bridgehead atoms. The van der Waals surface area contributed by atoms with Gasteiger partial charge in [-0.25, -0.2) is 0 Å². The maximum Gasteiger partial charge on any atom is 3.00 e. The monoisotopic (exact) mass is 4090 g/mol. The predicted molar refractivity (Wildman–Crippen MR) is 332 cm³/mol. The fourth-order valence-electron chi connectivity index (χ4n) is 5.25. The first-order valence-corrected chi connectivity index (χ1v) is 20.5. The first-order chi connectivity index (χ1) is 23.6. The maximum atomic E-state index is 3.38. The van der Waals surface area contributed by atoms with Crippen molar-refractivity contribution in [2.45, 2.75) is 247 Å². The summed E-state index contributed by atoms with van der Waals surface area (Å²) in [5, 5.41) is 0. The molecule has 4 aliphatic heterocycles. The van der Waals surface area contributed by atoms with Gasteiger partial charge in [-0.3, -0.25) is 0 Å². The molecular weight excluding hydrogens is 3940 g/mol. The Morgan fingerprint density at radius 2 is 0.265 bits per heavy atom. The van der Waals surface area contributed by atoms with E-state index in [1.807, 2.05) is 111 Å². The average Bonchev–Trinajstić information content (AvgIpc) is 3.18. The Morgan fingerprint density at radius 1 is 0.204 bits per heavy atom. The van der Waals surface area contributed by atoms with Gasteiger partial charge < -0.3 is 151 Å². The van der Waals surface area contributed by atoms with E-state index in [0.29, 0.717) is 13.4 Å². The van der Waals surface area contributed by atoms with Crippen molar-refractivity contribution in [3.05, 3.63) is 147 Å². The van der Waals surface area contributed by atoms with Crippen LogP contribution in [0.5, 0.6) is 0 Å². The fourth-order valence-corrected chi connectivity index (χ4v) is 5.25. The zero-order valence-electron chi connectivity index (χ0n) is 63.4. The van der Waals surface area contributed by atoms with Crippen molar-refractivity contribution in [2.24, 2.45) is 0 Å². The minimum atomic E-state index is 0. The predicted octanol–water partition coefficient (Wildman–Crippen LogP) is 21.9. The number of benzene rings is 1. The van der Waals surface area contributed by atoms with Crippen LogP contribution in [-0.4, -0.2) is 13.4 Å². The summed E-state index contributed by atoms with van der Waals surface area (Å²) >= 11 is 0. The zero-order chi connectivity index (χ0) is 39.9. The molecule has 0 nitrogen and oxygen atoms in total. The molecule has 0 saturated heterocycles. The summed E-state index contributed by atoms with van der Waals surface area (Å²) in [4.78, 5) is 0. The van der Waals surface area contributed by atoms with Crippen LogP contribution in [0.15, 0.2) is 0 Å². The Kier molecular flexibility index (Phi) is 1640. The molecule has 0 amide bonds. The Morgan fingerprint density at radius 3 is 0.327 bits per heavy atom. The van der Waals surface area contributed by atoms with Gasteiger partial charge in [0.2, 0.25) is 0 Å². The Bertz CT molecular complexity index is 625. The van der Waals surface area contributed by atoms with Crippen LogP contribution in [0, 0.1) is 125 Å². The van der Waals surface area contributed by atoms with Gasteiger partial charge in [-0.05, 0) is 0 Å². The van der Waals surface area contributed by atoms with E-state index in [2.05, 4.69) is 80.7 Å². The van der Waals surface area contributed by atoms with Crippen LogP contribution in [0.25, 0.3) is 0 Å². The summed E-state index contributed by atoms with van der Waals surface area (Å²) in [5.74, 6) is 0. The second-order valence-electron chi connectivity index (χ2n) is 8.30. The van der Waals surface area contributed by atoms with E-state index in [9.17, 15) is 0 Å². The summed E-state index contributed by atoms with van der Waals surface area (Å²) in [7, 11) is 0. The summed E-state index contributed by atoms with van der Waals surface area (Å²) in [6, 6.07) is 0. The molecule has 34 radical (unpaired) electrons. The molecule has 508 valence electrons. The zero-order valence-corrected chi connectivity index (χ0v) is 166. The summed E-state index contributed by atoms with van der Waals surface area (Å²) in [6.45, 7) is 60.4. The van der Waals surface area contributed by atoms with Crippen molar-refractivity contribution in [3.63, 3.8) is 0 Å². The second-order valence-corrected chi connectivity index (χ2v) is 8.30. The first kappa shape index (κ1) is 406. The van der Waals surface area contributed by atoms with Crippen LogP contribution in [0.1, 0.15) is 244 Å². The summed E-state index contributed by atoms with van der Waals surface area (Å²) in [5.41, 5.74) is 10.6. The maximum absolute atomic E-state index is 3.38. The number of fused-ring (bicyclic) bond motifs is 2. The molecule has 0 N–H and O–H groups in total. The van der Waals surface area contributed by atoms with E-state index >= 15 is 0 Å². The molecule has 1 aromatic rings. The number of rotatable bonds is 0. The third-order valence-electron chi connectivity index (χ3n) is 5.96. The molecule has 1 aromatic carbocycles. The molecule has 4 heterocycles. The van der Waals surface area contributed by atoms with Gasteiger partial charge >= 0.3 is 65.4 Å². The third kappa shape index (κ3) is 269. The van der Waals surface area contributed by atoms with E-state index in [-0.39, 0.29) is 1280 Å². The molecule has 0 atom stereocenters. The van der Waals surface area contributed by atoms with Crippen LogP contribution >= 0.6 is 0 Å². The van der Waals surface area contributed by atoms with E-state index in [4.69, 9.17) is 0 Å². The summed E-state index contributed by atoms with van der Waals surface area (Å²) in [6.07, 6.45) is 23.7. The van der Waals surface area contributed by atoms with E-state index < -0.39 is 0 Å². The van der Waals surface area contributed by atoms with Gasteiger partial charge in [0, 0.05) is 1110 Å². The summed E-state index contributed by atoms with van der Waals surface area (Å²) < 4.78 is 0. The molecule has 0 saturated carbocycles.